The molecule has 0 unspecified atom stereocenters. The van der Waals surface area contributed by atoms with Gasteiger partial charge in [-0.15, -0.1) is 0 Å². The molecule has 6 heteroatoms. The number of carbonyl (C=O) groups excluding carboxylic acids is 3. The van der Waals surface area contributed by atoms with Crippen molar-refractivity contribution in [1.29, 1.82) is 0 Å². The van der Waals surface area contributed by atoms with Crippen molar-refractivity contribution in [2.24, 2.45) is 10.8 Å². The predicted molar refractivity (Wildman–Crippen MR) is 106 cm³/mol. The van der Waals surface area contributed by atoms with Crippen LogP contribution in [-0.4, -0.2) is 73.2 Å². The Morgan fingerprint density at radius 3 is 1.46 bits per heavy atom. The third-order valence-corrected chi connectivity index (χ3v) is 5.20. The zero-order chi connectivity index (χ0) is 20.7. The van der Waals surface area contributed by atoms with Gasteiger partial charge in [-0.25, -0.2) is 0 Å². The van der Waals surface area contributed by atoms with E-state index < -0.39 is 10.8 Å². The first-order chi connectivity index (χ1) is 11.8. The second kappa shape index (κ2) is 9.93. The Bertz CT molecular complexity index is 501. The van der Waals surface area contributed by atoms with Crippen molar-refractivity contribution in [3.8, 4) is 0 Å². The number of hydrogen-bond acceptors (Lipinski definition) is 3. The molecule has 0 heterocycles. The molecule has 0 aromatic rings. The van der Waals surface area contributed by atoms with Crippen LogP contribution in [0.15, 0.2) is 0 Å². The monoisotopic (exact) mass is 369 g/mol. The standard InChI is InChI=1S/C20H39N3O3/c1-10-16(24)22(8)14-12-20(5,6)18(26)23(9)15-13-19(3,4)17(25)21(7)11-2/h10-15H2,1-9H3. The molecule has 0 saturated carbocycles. The lowest BCUT2D eigenvalue weighted by Crippen LogP contribution is -2.44. The fourth-order valence-electron chi connectivity index (χ4n) is 2.78. The smallest absolute Gasteiger partial charge is 0.228 e. The molecule has 0 N–H and O–H groups in total. The Morgan fingerprint density at radius 1 is 0.692 bits per heavy atom. The van der Waals surface area contributed by atoms with E-state index in [1.807, 2.05) is 41.5 Å². The Kier molecular flexibility index (Phi) is 9.32. The van der Waals surface area contributed by atoms with Crippen molar-refractivity contribution in [2.75, 3.05) is 40.8 Å². The highest BCUT2D eigenvalue weighted by Gasteiger charge is 2.34. The minimum Gasteiger partial charge on any atom is -0.346 e. The lowest BCUT2D eigenvalue weighted by atomic mass is 9.85. The maximum Gasteiger partial charge on any atom is 0.228 e. The SMILES string of the molecule is CCC(=O)N(C)CCC(C)(C)C(=O)N(C)CCC(C)(C)C(=O)N(C)CC. The number of rotatable bonds is 10. The quantitative estimate of drug-likeness (QED) is 0.595. The summed E-state index contributed by atoms with van der Waals surface area (Å²) in [5.41, 5.74) is -1.05. The number of carbonyl (C=O) groups is 3. The highest BCUT2D eigenvalue weighted by molar-refractivity contribution is 5.83. The van der Waals surface area contributed by atoms with Gasteiger partial charge in [-0.2, -0.15) is 0 Å². The van der Waals surface area contributed by atoms with Crippen LogP contribution in [0.1, 0.15) is 60.8 Å². The van der Waals surface area contributed by atoms with Crippen molar-refractivity contribution in [3.63, 3.8) is 0 Å². The van der Waals surface area contributed by atoms with Gasteiger partial charge in [-0.1, -0.05) is 34.6 Å². The topological polar surface area (TPSA) is 60.9 Å². The lowest BCUT2D eigenvalue weighted by Gasteiger charge is -2.34. The highest BCUT2D eigenvalue weighted by atomic mass is 16.2. The van der Waals surface area contributed by atoms with E-state index in [0.717, 1.165) is 0 Å². The minimum atomic E-state index is -0.550. The van der Waals surface area contributed by atoms with Crippen LogP contribution in [0.25, 0.3) is 0 Å². The van der Waals surface area contributed by atoms with Crippen LogP contribution in [0.3, 0.4) is 0 Å². The molecular weight excluding hydrogens is 330 g/mol. The number of hydrogen-bond donors (Lipinski definition) is 0. The molecule has 6 nitrogen and oxygen atoms in total. The third kappa shape index (κ3) is 6.96. The van der Waals surface area contributed by atoms with E-state index in [-0.39, 0.29) is 17.7 Å². The molecular formula is C20H39N3O3. The molecule has 3 amide bonds. The summed E-state index contributed by atoms with van der Waals surface area (Å²) in [6, 6.07) is 0. The second-order valence-corrected chi connectivity index (χ2v) is 8.48. The average molecular weight is 370 g/mol. The number of nitrogens with zero attached hydrogens (tertiary/aromatic N) is 3. The summed E-state index contributed by atoms with van der Waals surface area (Å²) in [4.78, 5) is 42.0. The first-order valence-electron chi connectivity index (χ1n) is 9.55. The molecule has 0 rings (SSSR count). The van der Waals surface area contributed by atoms with E-state index in [1.54, 1.807) is 35.8 Å². The fourth-order valence-corrected chi connectivity index (χ4v) is 2.78. The van der Waals surface area contributed by atoms with Gasteiger partial charge in [0.05, 0.1) is 0 Å². The van der Waals surface area contributed by atoms with E-state index in [1.165, 1.54) is 0 Å². The van der Waals surface area contributed by atoms with Crippen LogP contribution >= 0.6 is 0 Å². The molecule has 0 aliphatic carbocycles. The highest BCUT2D eigenvalue weighted by Crippen LogP contribution is 2.27. The second-order valence-electron chi connectivity index (χ2n) is 8.48. The molecule has 0 aliphatic heterocycles. The predicted octanol–water partition coefficient (Wildman–Crippen LogP) is 2.62. The Labute approximate surface area is 159 Å². The zero-order valence-electron chi connectivity index (χ0n) is 18.3. The lowest BCUT2D eigenvalue weighted by molar-refractivity contribution is -0.143. The third-order valence-electron chi connectivity index (χ3n) is 5.20. The summed E-state index contributed by atoms with van der Waals surface area (Å²) < 4.78 is 0. The first-order valence-corrected chi connectivity index (χ1v) is 9.55. The van der Waals surface area contributed by atoms with E-state index in [4.69, 9.17) is 0 Å². The summed E-state index contributed by atoms with van der Waals surface area (Å²) in [7, 11) is 5.36. The van der Waals surface area contributed by atoms with Crippen molar-refractivity contribution in [2.45, 2.75) is 60.8 Å². The van der Waals surface area contributed by atoms with Crippen molar-refractivity contribution in [1.82, 2.24) is 14.7 Å². The van der Waals surface area contributed by atoms with E-state index in [9.17, 15) is 14.4 Å². The molecule has 0 aromatic carbocycles. The van der Waals surface area contributed by atoms with Gasteiger partial charge in [-0.05, 0) is 19.8 Å². The molecule has 152 valence electrons. The Hall–Kier alpha value is -1.59. The minimum absolute atomic E-state index is 0.0435. The summed E-state index contributed by atoms with van der Waals surface area (Å²) in [6.07, 6.45) is 1.70. The molecule has 0 spiro atoms. The van der Waals surface area contributed by atoms with Crippen molar-refractivity contribution >= 4 is 17.7 Å². The number of amides is 3. The maximum absolute atomic E-state index is 12.8. The summed E-state index contributed by atoms with van der Waals surface area (Å²) >= 11 is 0. The van der Waals surface area contributed by atoms with Crippen LogP contribution in [0.4, 0.5) is 0 Å². The van der Waals surface area contributed by atoms with E-state index in [0.29, 0.717) is 38.9 Å². The molecule has 0 aromatic heterocycles. The van der Waals surface area contributed by atoms with Crippen LogP contribution in [0, 0.1) is 10.8 Å². The van der Waals surface area contributed by atoms with Crippen LogP contribution in [0.2, 0.25) is 0 Å². The Balaban J connectivity index is 4.74. The van der Waals surface area contributed by atoms with Gasteiger partial charge in [0.1, 0.15) is 0 Å². The largest absolute Gasteiger partial charge is 0.346 e. The van der Waals surface area contributed by atoms with Crippen LogP contribution < -0.4 is 0 Å². The summed E-state index contributed by atoms with van der Waals surface area (Å²) in [5, 5.41) is 0. The zero-order valence-corrected chi connectivity index (χ0v) is 18.3. The summed E-state index contributed by atoms with van der Waals surface area (Å²) in [5.74, 6) is 0.226. The fraction of sp³-hybridized carbons (Fsp3) is 0.850. The molecule has 0 saturated heterocycles. The van der Waals surface area contributed by atoms with Crippen LogP contribution in [0.5, 0.6) is 0 Å². The first kappa shape index (κ1) is 24.4. The molecule has 0 fully saturated rings. The summed E-state index contributed by atoms with van der Waals surface area (Å²) in [6.45, 7) is 13.2. The maximum atomic E-state index is 12.8. The van der Waals surface area contributed by atoms with Crippen molar-refractivity contribution < 1.29 is 14.4 Å². The van der Waals surface area contributed by atoms with Gasteiger partial charge in [0, 0.05) is 58.0 Å². The van der Waals surface area contributed by atoms with Gasteiger partial charge in [0.25, 0.3) is 0 Å². The van der Waals surface area contributed by atoms with Gasteiger partial charge in [0.15, 0.2) is 0 Å². The van der Waals surface area contributed by atoms with Gasteiger partial charge in [-0.3, -0.25) is 14.4 Å². The van der Waals surface area contributed by atoms with Gasteiger partial charge < -0.3 is 14.7 Å². The van der Waals surface area contributed by atoms with Gasteiger partial charge in [0.2, 0.25) is 17.7 Å². The van der Waals surface area contributed by atoms with E-state index in [2.05, 4.69) is 0 Å². The van der Waals surface area contributed by atoms with Gasteiger partial charge >= 0.3 is 0 Å². The van der Waals surface area contributed by atoms with Crippen molar-refractivity contribution in [3.05, 3.63) is 0 Å². The Morgan fingerprint density at radius 2 is 1.08 bits per heavy atom. The van der Waals surface area contributed by atoms with E-state index >= 15 is 0 Å². The molecule has 0 atom stereocenters. The molecule has 0 aliphatic rings. The molecule has 0 radical (unpaired) electrons. The normalized spacial score (nSPS) is 11.9. The average Bonchev–Trinajstić information content (AvgIpc) is 2.61. The molecule has 26 heavy (non-hydrogen) atoms. The molecule has 0 bridgehead atoms. The van der Waals surface area contributed by atoms with Crippen LogP contribution in [-0.2, 0) is 14.4 Å².